The molecule has 0 spiro atoms. The molecule has 9 aromatic carbocycles. The molecule has 6 atom stereocenters. The van der Waals surface area contributed by atoms with Gasteiger partial charge in [0.1, 0.15) is 23.2 Å². The van der Waals surface area contributed by atoms with E-state index in [2.05, 4.69) is 29.4 Å². The van der Waals surface area contributed by atoms with Crippen LogP contribution in [0.15, 0.2) is 205 Å². The first kappa shape index (κ1) is 68.4. The summed E-state index contributed by atoms with van der Waals surface area (Å²) in [6, 6.07) is 55.9. The van der Waals surface area contributed by atoms with E-state index in [-0.39, 0.29) is 46.2 Å². The van der Waals surface area contributed by atoms with Crippen molar-refractivity contribution in [2.24, 2.45) is 5.73 Å². The number of benzene rings is 9. The van der Waals surface area contributed by atoms with E-state index in [0.29, 0.717) is 11.1 Å². The molecule has 0 aliphatic heterocycles. The summed E-state index contributed by atoms with van der Waals surface area (Å²) < 4.78 is 147. The van der Waals surface area contributed by atoms with Crippen LogP contribution in [-0.2, 0) is 28.0 Å². The molecule has 3 heterocycles. The van der Waals surface area contributed by atoms with Crippen molar-refractivity contribution in [2.75, 3.05) is 0 Å². The lowest BCUT2D eigenvalue weighted by atomic mass is 9.89. The minimum Gasteiger partial charge on any atom is -0.406 e. The number of nitrogens with zero attached hydrogens (tertiary/aromatic N) is 3. The van der Waals surface area contributed by atoms with Crippen LogP contribution in [0.2, 0.25) is 0 Å². The Hall–Kier alpha value is -10.1. The van der Waals surface area contributed by atoms with Gasteiger partial charge in [-0.15, -0.1) is 13.2 Å². The summed E-state index contributed by atoms with van der Waals surface area (Å²) in [5, 5.41) is 10.6. The molecule has 12 aromatic rings. The number of rotatable bonds is 14. The number of nitrogens with two attached hydrogens (primary N) is 1. The van der Waals surface area contributed by atoms with Gasteiger partial charge in [0, 0.05) is 34.4 Å². The molecule has 1 amide bonds. The van der Waals surface area contributed by atoms with Crippen molar-refractivity contribution in [1.82, 2.24) is 34.6 Å². The van der Waals surface area contributed by atoms with E-state index in [1.807, 2.05) is 91.0 Å². The van der Waals surface area contributed by atoms with Crippen LogP contribution in [0.25, 0.3) is 66.5 Å². The normalized spacial score (nSPS) is 18.4. The lowest BCUT2D eigenvalue weighted by molar-refractivity contribution is -0.274. The van der Waals surface area contributed by atoms with E-state index in [1.54, 1.807) is 95.3 Å². The molecule has 3 aromatic heterocycles. The standard InChI is InChI=1S/C27H26F3N3O2S.C26H23F3N2O2.C24H18F3N3O/c1-26(2,3)33-36(34,35)24-7-5-4-6-19(24)17-10-13-22-23(14-17)32-25(31-22)21-15-20(21)16-8-11-18(12-9-16)27(28,29)30;1-25(2,32)21-6-4-3-5-18(21)16-9-12-22-23(13-16)31-24(30-22)20-14-19(20)15-7-10-17(11-8-15)33-26(27,28)29;25-24(26,27)15-8-5-13(6-9-15)18-12-19(18)23-29-20-10-7-14(11-21(20)30-23)16-3-1-2-4-17(16)22(28)31/h4-14,20-21,33H,15H2,1-3H3,(H,31,32);3-13,19-20,32H,14H2,1-2H3,(H,30,31);1-11,18-19H,12H2,(H2,28,31)(H,29,30). The maximum Gasteiger partial charge on any atom is 0.573 e. The maximum absolute atomic E-state index is 13.1. The molecule has 23 heteroatoms. The molecule has 0 saturated heterocycles. The Morgan fingerprint density at radius 2 is 0.850 bits per heavy atom. The van der Waals surface area contributed by atoms with Gasteiger partial charge in [0.15, 0.2) is 0 Å². The second-order valence-corrected chi connectivity index (χ2v) is 28.8. The average molecular weight is 1390 g/mol. The minimum atomic E-state index is -4.69. The van der Waals surface area contributed by atoms with Crippen LogP contribution in [-0.4, -0.2) is 61.2 Å². The number of aliphatic hydroxyl groups is 1. The Morgan fingerprint density at radius 3 is 1.25 bits per heavy atom. The van der Waals surface area contributed by atoms with Gasteiger partial charge in [-0.2, -0.15) is 26.3 Å². The van der Waals surface area contributed by atoms with Crippen LogP contribution in [0.3, 0.4) is 0 Å². The van der Waals surface area contributed by atoms with Gasteiger partial charge < -0.3 is 30.5 Å². The molecule has 3 aliphatic carbocycles. The van der Waals surface area contributed by atoms with Gasteiger partial charge in [0.05, 0.1) is 54.7 Å². The highest BCUT2D eigenvalue weighted by Crippen LogP contribution is 2.57. The highest BCUT2D eigenvalue weighted by Gasteiger charge is 2.45. The lowest BCUT2D eigenvalue weighted by Crippen LogP contribution is -2.40. The third kappa shape index (κ3) is 15.2. The van der Waals surface area contributed by atoms with Crippen molar-refractivity contribution in [3.8, 4) is 39.1 Å². The number of aromatic amines is 3. The number of hydrogen-bond donors (Lipinski definition) is 6. The first-order valence-electron chi connectivity index (χ1n) is 32.3. The molecule has 15 rings (SSSR count). The number of nitrogens with one attached hydrogen (secondary N) is 4. The quantitative estimate of drug-likeness (QED) is 0.0577. The number of imidazole rings is 3. The fraction of sp³-hybridized carbons (Fsp3) is 0.247. The molecule has 7 N–H and O–H groups in total. The van der Waals surface area contributed by atoms with Crippen LogP contribution >= 0.6 is 0 Å². The van der Waals surface area contributed by atoms with Crippen molar-refractivity contribution < 1.29 is 62.6 Å². The molecule has 3 aliphatic rings. The van der Waals surface area contributed by atoms with Gasteiger partial charge >= 0.3 is 18.7 Å². The fourth-order valence-corrected chi connectivity index (χ4v) is 14.7. The summed E-state index contributed by atoms with van der Waals surface area (Å²) in [5.74, 6) is 2.68. The van der Waals surface area contributed by atoms with E-state index in [4.69, 9.17) is 15.7 Å². The minimum absolute atomic E-state index is 0.0984. The number of sulfonamides is 1. The number of carbonyl (C=O) groups is 1. The van der Waals surface area contributed by atoms with E-state index in [1.165, 1.54) is 24.3 Å². The number of amides is 1. The van der Waals surface area contributed by atoms with Crippen LogP contribution in [0.4, 0.5) is 39.5 Å². The van der Waals surface area contributed by atoms with E-state index in [0.717, 1.165) is 144 Å². The molecular formula is C77H67F9N8O5S. The summed E-state index contributed by atoms with van der Waals surface area (Å²) in [7, 11) is -3.74. The fourth-order valence-electron chi connectivity index (χ4n) is 13.1. The lowest BCUT2D eigenvalue weighted by Gasteiger charge is -2.21. The largest absolute Gasteiger partial charge is 0.573 e. The van der Waals surface area contributed by atoms with Crippen molar-refractivity contribution in [3.63, 3.8) is 0 Å². The van der Waals surface area contributed by atoms with Gasteiger partial charge in [0.25, 0.3) is 0 Å². The number of aromatic nitrogens is 6. The molecule has 13 nitrogen and oxygen atoms in total. The van der Waals surface area contributed by atoms with Crippen LogP contribution in [0.5, 0.6) is 5.75 Å². The number of primary amides is 1. The predicted octanol–water partition coefficient (Wildman–Crippen LogP) is 18.8. The summed E-state index contributed by atoms with van der Waals surface area (Å²) in [4.78, 5) is 36.2. The molecule has 100 heavy (non-hydrogen) atoms. The average Bonchev–Trinajstić information content (AvgIpc) is 1.48. The van der Waals surface area contributed by atoms with E-state index < -0.39 is 56.9 Å². The summed E-state index contributed by atoms with van der Waals surface area (Å²) in [6.07, 6.45) is -10.8. The molecule has 0 bridgehead atoms. The van der Waals surface area contributed by atoms with Crippen LogP contribution < -0.4 is 15.2 Å². The SMILES string of the molecule is CC(C)(C)NS(=O)(=O)c1ccccc1-c1ccc2nc(C3CC3c3ccc(C(F)(F)F)cc3)[nH]c2c1.CC(C)(O)c1ccccc1-c1ccc2nc(C3CC3c3ccc(OC(F)(F)F)cc3)[nH]c2c1.NC(=O)c1ccccc1-c1ccc2nc(C3CC3c3ccc(C(F)(F)F)cc3)[nH]c2c1. The topological polar surface area (TPSA) is 205 Å². The van der Waals surface area contributed by atoms with E-state index in [9.17, 15) is 57.8 Å². The summed E-state index contributed by atoms with van der Waals surface area (Å²) >= 11 is 0. The van der Waals surface area contributed by atoms with E-state index >= 15 is 0 Å². The molecule has 514 valence electrons. The van der Waals surface area contributed by atoms with Gasteiger partial charge in [-0.25, -0.2) is 28.1 Å². The second kappa shape index (κ2) is 25.9. The molecule has 3 saturated carbocycles. The summed E-state index contributed by atoms with van der Waals surface area (Å²) in [5.41, 5.74) is 16.4. The Kier molecular flexibility index (Phi) is 17.7. The molecular weight excluding hydrogens is 1320 g/mol. The van der Waals surface area contributed by atoms with Gasteiger partial charge in [-0.05, 0) is 207 Å². The number of fused-ring (bicyclic) bond motifs is 3. The van der Waals surface area contributed by atoms with Gasteiger partial charge in [-0.1, -0.05) is 115 Å². The van der Waals surface area contributed by atoms with Crippen molar-refractivity contribution in [3.05, 3.63) is 257 Å². The van der Waals surface area contributed by atoms with Crippen molar-refractivity contribution in [1.29, 1.82) is 0 Å². The van der Waals surface area contributed by atoms with Crippen LogP contribution in [0.1, 0.15) is 151 Å². The number of halogens is 9. The smallest absolute Gasteiger partial charge is 0.406 e. The monoisotopic (exact) mass is 1390 g/mol. The number of carbonyl (C=O) groups excluding carboxylic acids is 1. The first-order valence-corrected chi connectivity index (χ1v) is 33.7. The zero-order chi connectivity index (χ0) is 71.0. The Labute approximate surface area is 569 Å². The number of ether oxygens (including phenoxy) is 1. The van der Waals surface area contributed by atoms with Crippen LogP contribution in [0, 0.1) is 0 Å². The first-order chi connectivity index (χ1) is 47.2. The summed E-state index contributed by atoms with van der Waals surface area (Å²) in [6.45, 7) is 8.92. The molecule has 0 radical (unpaired) electrons. The Bertz CT molecular complexity index is 5150. The molecule has 3 fully saturated rings. The number of H-pyrrole nitrogens is 3. The highest BCUT2D eigenvalue weighted by molar-refractivity contribution is 7.89. The maximum atomic E-state index is 13.1. The number of hydrogen-bond acceptors (Lipinski definition) is 8. The van der Waals surface area contributed by atoms with Gasteiger partial charge in [0.2, 0.25) is 15.9 Å². The number of alkyl halides is 9. The highest BCUT2D eigenvalue weighted by atomic mass is 32.2. The predicted molar refractivity (Wildman–Crippen MR) is 365 cm³/mol. The second-order valence-electron chi connectivity index (χ2n) is 27.1. The Balaban J connectivity index is 0.000000135. The third-order valence-electron chi connectivity index (χ3n) is 18.1. The Morgan fingerprint density at radius 1 is 0.480 bits per heavy atom. The van der Waals surface area contributed by atoms with Crippen molar-refractivity contribution >= 4 is 49.0 Å². The zero-order valence-electron chi connectivity index (χ0n) is 54.4. The van der Waals surface area contributed by atoms with Crippen molar-refractivity contribution in [2.45, 2.75) is 124 Å². The third-order valence-corrected chi connectivity index (χ3v) is 19.9. The molecule has 6 unspecified atom stereocenters. The van der Waals surface area contributed by atoms with Gasteiger partial charge in [-0.3, -0.25) is 4.79 Å². The zero-order valence-corrected chi connectivity index (χ0v) is 55.3.